The molecule has 0 aromatic heterocycles. The molecule has 0 aromatic rings. The van der Waals surface area contributed by atoms with E-state index in [0.717, 1.165) is 12.3 Å². The van der Waals surface area contributed by atoms with Crippen LogP contribution in [0.4, 0.5) is 0 Å². The van der Waals surface area contributed by atoms with Gasteiger partial charge in [-0.15, -0.1) is 18.2 Å². The Morgan fingerprint density at radius 3 is 2.17 bits per heavy atom. The predicted molar refractivity (Wildman–Crippen MR) is 59.9 cm³/mol. The molecule has 0 N–H and O–H groups in total. The number of allylic oxidation sites excluding steroid dienone is 3. The molecule has 0 saturated heterocycles. The van der Waals surface area contributed by atoms with E-state index in [0.29, 0.717) is 0 Å². The zero-order chi connectivity index (χ0) is 9.66. The Labute approximate surface area is 82.3 Å². The van der Waals surface area contributed by atoms with Crippen molar-refractivity contribution >= 4 is 11.6 Å². The van der Waals surface area contributed by atoms with Gasteiger partial charge in [-0.25, -0.2) is 0 Å². The van der Waals surface area contributed by atoms with Gasteiger partial charge in [0.05, 0.1) is 0 Å². The van der Waals surface area contributed by atoms with Gasteiger partial charge < -0.3 is 0 Å². The van der Waals surface area contributed by atoms with Crippen LogP contribution in [0.1, 0.15) is 39.5 Å². The highest BCUT2D eigenvalue weighted by atomic mass is 35.5. The van der Waals surface area contributed by atoms with E-state index in [-0.39, 0.29) is 0 Å². The third-order valence-corrected chi connectivity index (χ3v) is 1.54. The topological polar surface area (TPSA) is 0 Å². The van der Waals surface area contributed by atoms with Crippen LogP contribution in [-0.4, -0.2) is 5.88 Å². The quantitative estimate of drug-likeness (QED) is 0.337. The maximum atomic E-state index is 5.38. The zero-order valence-electron chi connectivity index (χ0n) is 8.35. The fourth-order valence-electron chi connectivity index (χ4n) is 0.577. The molecule has 0 bridgehead atoms. The first-order valence-electron chi connectivity index (χ1n) is 4.61. The van der Waals surface area contributed by atoms with Crippen molar-refractivity contribution in [1.29, 1.82) is 0 Å². The van der Waals surface area contributed by atoms with Crippen LogP contribution < -0.4 is 0 Å². The summed E-state index contributed by atoms with van der Waals surface area (Å²) < 4.78 is 0. The molecule has 1 heteroatoms. The molecule has 0 radical (unpaired) electrons. The van der Waals surface area contributed by atoms with Crippen LogP contribution in [0.25, 0.3) is 0 Å². The highest BCUT2D eigenvalue weighted by molar-refractivity contribution is 6.17. The Morgan fingerprint density at radius 1 is 1.33 bits per heavy atom. The van der Waals surface area contributed by atoms with Crippen LogP contribution in [0.3, 0.4) is 0 Å². The van der Waals surface area contributed by atoms with Crippen molar-refractivity contribution in [3.05, 3.63) is 24.8 Å². The normalized spacial score (nSPS) is 9.25. The summed E-state index contributed by atoms with van der Waals surface area (Å²) in [6, 6.07) is 0. The SMILES string of the molecule is C=CCC=CC.CCCCCCl. The molecule has 0 saturated carbocycles. The predicted octanol–water partition coefficient (Wildman–Crippen LogP) is 4.55. The van der Waals surface area contributed by atoms with E-state index < -0.39 is 0 Å². The van der Waals surface area contributed by atoms with Crippen molar-refractivity contribution in [2.75, 3.05) is 5.88 Å². The summed E-state index contributed by atoms with van der Waals surface area (Å²) in [6.45, 7) is 7.72. The first kappa shape index (κ1) is 14.3. The highest BCUT2D eigenvalue weighted by Gasteiger charge is 1.76. The second-order valence-corrected chi connectivity index (χ2v) is 2.87. The Hall–Kier alpha value is -0.230. The molecule has 0 atom stereocenters. The molecule has 0 unspecified atom stereocenters. The lowest BCUT2D eigenvalue weighted by molar-refractivity contribution is 0.776. The number of hydrogen-bond acceptors (Lipinski definition) is 0. The lowest BCUT2D eigenvalue weighted by Crippen LogP contribution is -1.70. The van der Waals surface area contributed by atoms with Gasteiger partial charge >= 0.3 is 0 Å². The van der Waals surface area contributed by atoms with Crippen molar-refractivity contribution in [2.24, 2.45) is 0 Å². The molecular formula is C11H21Cl. The van der Waals surface area contributed by atoms with E-state index in [1.807, 2.05) is 19.1 Å². The summed E-state index contributed by atoms with van der Waals surface area (Å²) in [7, 11) is 0. The third-order valence-electron chi connectivity index (χ3n) is 1.28. The maximum Gasteiger partial charge on any atom is 0.0223 e. The summed E-state index contributed by atoms with van der Waals surface area (Å²) in [6.07, 6.45) is 10.7. The van der Waals surface area contributed by atoms with Gasteiger partial charge in [-0.3, -0.25) is 0 Å². The molecular weight excluding hydrogens is 168 g/mol. The molecule has 0 aliphatic rings. The Bertz CT molecular complexity index is 91.2. The first-order valence-corrected chi connectivity index (χ1v) is 5.14. The highest BCUT2D eigenvalue weighted by Crippen LogP contribution is 1.93. The fraction of sp³-hybridized carbons (Fsp3) is 0.636. The molecule has 0 rings (SSSR count). The zero-order valence-corrected chi connectivity index (χ0v) is 9.11. The molecule has 0 aliphatic carbocycles. The summed E-state index contributed by atoms with van der Waals surface area (Å²) in [5.41, 5.74) is 0. The minimum atomic E-state index is 0.827. The van der Waals surface area contributed by atoms with Crippen molar-refractivity contribution in [2.45, 2.75) is 39.5 Å². The molecule has 0 amide bonds. The van der Waals surface area contributed by atoms with Gasteiger partial charge in [-0.2, -0.15) is 0 Å². The Morgan fingerprint density at radius 2 is 2.00 bits per heavy atom. The summed E-state index contributed by atoms with van der Waals surface area (Å²) in [5.74, 6) is 0.827. The molecule has 0 aliphatic heterocycles. The second-order valence-electron chi connectivity index (χ2n) is 2.49. The van der Waals surface area contributed by atoms with Gasteiger partial charge in [0.1, 0.15) is 0 Å². The number of unbranched alkanes of at least 4 members (excludes halogenated alkanes) is 2. The van der Waals surface area contributed by atoms with Crippen molar-refractivity contribution in [3.63, 3.8) is 0 Å². The van der Waals surface area contributed by atoms with Gasteiger partial charge in [-0.1, -0.05) is 38.0 Å². The molecule has 12 heavy (non-hydrogen) atoms. The first-order chi connectivity index (χ1) is 5.83. The van der Waals surface area contributed by atoms with Crippen LogP contribution in [0.5, 0.6) is 0 Å². The van der Waals surface area contributed by atoms with Crippen LogP contribution in [0.2, 0.25) is 0 Å². The summed E-state index contributed by atoms with van der Waals surface area (Å²) in [5, 5.41) is 0. The Balaban J connectivity index is 0. The van der Waals surface area contributed by atoms with Gasteiger partial charge in [0.15, 0.2) is 0 Å². The summed E-state index contributed by atoms with van der Waals surface area (Å²) in [4.78, 5) is 0. The van der Waals surface area contributed by atoms with E-state index in [1.54, 1.807) is 0 Å². The van der Waals surface area contributed by atoms with Gasteiger partial charge in [0.25, 0.3) is 0 Å². The van der Waals surface area contributed by atoms with Crippen molar-refractivity contribution in [3.8, 4) is 0 Å². The number of hydrogen-bond donors (Lipinski definition) is 0. The van der Waals surface area contributed by atoms with E-state index >= 15 is 0 Å². The molecule has 0 nitrogen and oxygen atoms in total. The minimum absolute atomic E-state index is 0.827. The van der Waals surface area contributed by atoms with E-state index in [4.69, 9.17) is 11.6 Å². The largest absolute Gasteiger partial charge is 0.127 e. The van der Waals surface area contributed by atoms with Crippen LogP contribution >= 0.6 is 11.6 Å². The van der Waals surface area contributed by atoms with E-state index in [2.05, 4.69) is 19.6 Å². The van der Waals surface area contributed by atoms with Crippen molar-refractivity contribution < 1.29 is 0 Å². The molecule has 0 aromatic carbocycles. The molecule has 0 fully saturated rings. The number of rotatable bonds is 5. The monoisotopic (exact) mass is 188 g/mol. The van der Waals surface area contributed by atoms with Gasteiger partial charge in [-0.05, 0) is 19.8 Å². The average Bonchev–Trinajstić information content (AvgIpc) is 2.12. The van der Waals surface area contributed by atoms with Crippen LogP contribution in [0.15, 0.2) is 24.8 Å². The van der Waals surface area contributed by atoms with Crippen LogP contribution in [-0.2, 0) is 0 Å². The average molecular weight is 189 g/mol. The Kier molecular flexibility index (Phi) is 20.3. The lowest BCUT2D eigenvalue weighted by Gasteiger charge is -1.84. The van der Waals surface area contributed by atoms with Crippen molar-refractivity contribution in [1.82, 2.24) is 0 Å². The van der Waals surface area contributed by atoms with Gasteiger partial charge in [0, 0.05) is 5.88 Å². The number of alkyl halides is 1. The van der Waals surface area contributed by atoms with E-state index in [1.165, 1.54) is 19.3 Å². The molecule has 72 valence electrons. The number of halogens is 1. The van der Waals surface area contributed by atoms with Gasteiger partial charge in [0.2, 0.25) is 0 Å². The third kappa shape index (κ3) is 22.6. The standard InChI is InChI=1S/C6H10.C5H11Cl/c1-3-5-6-4-2;1-2-3-4-5-6/h3-4,6H,1,5H2,2H3;2-5H2,1H3. The van der Waals surface area contributed by atoms with Crippen LogP contribution in [0, 0.1) is 0 Å². The fourth-order valence-corrected chi connectivity index (χ4v) is 0.766. The smallest absolute Gasteiger partial charge is 0.0223 e. The van der Waals surface area contributed by atoms with E-state index in [9.17, 15) is 0 Å². The second kappa shape index (κ2) is 17.0. The maximum absolute atomic E-state index is 5.38. The molecule has 0 spiro atoms. The molecule has 0 heterocycles. The minimum Gasteiger partial charge on any atom is -0.127 e. The lowest BCUT2D eigenvalue weighted by atomic mass is 10.3. The summed E-state index contributed by atoms with van der Waals surface area (Å²) >= 11 is 5.38.